The average molecular weight is 347 g/mol. The Bertz CT molecular complexity index is 920. The maximum absolute atomic E-state index is 12.4. The molecule has 0 bridgehead atoms. The van der Waals surface area contributed by atoms with Crippen LogP contribution in [0, 0.1) is 0 Å². The zero-order chi connectivity index (χ0) is 18.4. The molecule has 3 aromatic carbocycles. The molecule has 0 aromatic heterocycles. The average Bonchev–Trinajstić information content (AvgIpc) is 2.66. The molecule has 132 valence electrons. The van der Waals surface area contributed by atoms with E-state index in [9.17, 15) is 4.79 Å². The van der Waals surface area contributed by atoms with Crippen molar-refractivity contribution in [3.8, 4) is 11.5 Å². The number of fused-ring (bicyclic) bond motifs is 1. The molecule has 26 heavy (non-hydrogen) atoms. The SMILES string of the molecule is C=CCOc1cccc(NC(=O)C(C)Oc2ccc3ccccc3c2)c1. The summed E-state index contributed by atoms with van der Waals surface area (Å²) in [6.45, 7) is 5.76. The van der Waals surface area contributed by atoms with E-state index in [1.54, 1.807) is 25.1 Å². The molecule has 0 saturated heterocycles. The number of anilines is 1. The monoisotopic (exact) mass is 347 g/mol. The van der Waals surface area contributed by atoms with Crippen molar-refractivity contribution in [1.82, 2.24) is 0 Å². The summed E-state index contributed by atoms with van der Waals surface area (Å²) < 4.78 is 11.3. The molecule has 4 nitrogen and oxygen atoms in total. The van der Waals surface area contributed by atoms with Crippen LogP contribution in [0.25, 0.3) is 10.8 Å². The molecule has 3 aromatic rings. The van der Waals surface area contributed by atoms with Crippen LogP contribution in [-0.2, 0) is 4.79 Å². The molecular weight excluding hydrogens is 326 g/mol. The zero-order valence-electron chi connectivity index (χ0n) is 14.6. The molecule has 0 aliphatic rings. The summed E-state index contributed by atoms with van der Waals surface area (Å²) in [5.41, 5.74) is 0.658. The Balaban J connectivity index is 1.64. The molecule has 1 amide bonds. The molecule has 1 unspecified atom stereocenters. The molecule has 3 rings (SSSR count). The highest BCUT2D eigenvalue weighted by Gasteiger charge is 2.15. The predicted octanol–water partition coefficient (Wildman–Crippen LogP) is 4.81. The normalized spacial score (nSPS) is 11.6. The van der Waals surface area contributed by atoms with E-state index in [1.807, 2.05) is 54.6 Å². The van der Waals surface area contributed by atoms with Gasteiger partial charge in [-0.3, -0.25) is 4.79 Å². The molecule has 0 aliphatic heterocycles. The standard InChI is InChI=1S/C22H21NO3/c1-3-13-25-20-10-6-9-19(15-20)23-22(24)16(2)26-21-12-11-17-7-4-5-8-18(17)14-21/h3-12,14-16H,1,13H2,2H3,(H,23,24). The van der Waals surface area contributed by atoms with Gasteiger partial charge in [0.2, 0.25) is 0 Å². The lowest BCUT2D eigenvalue weighted by Crippen LogP contribution is -2.30. The highest BCUT2D eigenvalue weighted by Crippen LogP contribution is 2.22. The third-order valence-corrected chi connectivity index (χ3v) is 3.87. The van der Waals surface area contributed by atoms with Crippen molar-refractivity contribution in [3.05, 3.63) is 79.4 Å². The van der Waals surface area contributed by atoms with Crippen molar-refractivity contribution in [2.45, 2.75) is 13.0 Å². The van der Waals surface area contributed by atoms with Crippen LogP contribution in [0.1, 0.15) is 6.92 Å². The Morgan fingerprint density at radius 2 is 1.85 bits per heavy atom. The zero-order valence-corrected chi connectivity index (χ0v) is 14.6. The largest absolute Gasteiger partial charge is 0.489 e. The minimum absolute atomic E-state index is 0.223. The third kappa shape index (κ3) is 4.42. The second-order valence-corrected chi connectivity index (χ2v) is 5.89. The van der Waals surface area contributed by atoms with Crippen molar-refractivity contribution < 1.29 is 14.3 Å². The maximum Gasteiger partial charge on any atom is 0.265 e. The summed E-state index contributed by atoms with van der Waals surface area (Å²) in [7, 11) is 0. The quantitative estimate of drug-likeness (QED) is 0.624. The number of hydrogen-bond acceptors (Lipinski definition) is 3. The van der Waals surface area contributed by atoms with Crippen LogP contribution in [0.5, 0.6) is 11.5 Å². The molecular formula is C22H21NO3. The van der Waals surface area contributed by atoms with Crippen molar-refractivity contribution in [1.29, 1.82) is 0 Å². The highest BCUT2D eigenvalue weighted by atomic mass is 16.5. The van der Waals surface area contributed by atoms with Gasteiger partial charge >= 0.3 is 0 Å². The van der Waals surface area contributed by atoms with E-state index in [1.165, 1.54) is 0 Å². The molecule has 1 N–H and O–H groups in total. The molecule has 0 fully saturated rings. The number of hydrogen-bond donors (Lipinski definition) is 1. The number of benzene rings is 3. The van der Waals surface area contributed by atoms with Gasteiger partial charge in [-0.25, -0.2) is 0 Å². The van der Waals surface area contributed by atoms with Crippen LogP contribution < -0.4 is 14.8 Å². The minimum Gasteiger partial charge on any atom is -0.489 e. The number of carbonyl (C=O) groups is 1. The second kappa shape index (κ2) is 8.21. The first-order chi connectivity index (χ1) is 12.7. The lowest BCUT2D eigenvalue weighted by atomic mass is 10.1. The number of amides is 1. The minimum atomic E-state index is -0.631. The lowest BCUT2D eigenvalue weighted by Gasteiger charge is -2.15. The van der Waals surface area contributed by atoms with Gasteiger partial charge in [0.15, 0.2) is 6.10 Å². The van der Waals surface area contributed by atoms with Gasteiger partial charge in [0.1, 0.15) is 18.1 Å². The Labute approximate surface area is 153 Å². The fourth-order valence-corrected chi connectivity index (χ4v) is 2.56. The smallest absolute Gasteiger partial charge is 0.265 e. The van der Waals surface area contributed by atoms with Gasteiger partial charge < -0.3 is 14.8 Å². The van der Waals surface area contributed by atoms with E-state index in [0.717, 1.165) is 10.8 Å². The predicted molar refractivity (Wildman–Crippen MR) is 105 cm³/mol. The highest BCUT2D eigenvalue weighted by molar-refractivity contribution is 5.94. The summed E-state index contributed by atoms with van der Waals surface area (Å²) in [4.78, 5) is 12.4. The molecule has 4 heteroatoms. The number of rotatable bonds is 7. The van der Waals surface area contributed by atoms with Crippen molar-refractivity contribution in [2.24, 2.45) is 0 Å². The van der Waals surface area contributed by atoms with Crippen molar-refractivity contribution in [2.75, 3.05) is 11.9 Å². The fraction of sp³-hybridized carbons (Fsp3) is 0.136. The Morgan fingerprint density at radius 1 is 1.04 bits per heavy atom. The van der Waals surface area contributed by atoms with E-state index >= 15 is 0 Å². The van der Waals surface area contributed by atoms with Crippen molar-refractivity contribution >= 4 is 22.4 Å². The number of carbonyl (C=O) groups excluding carboxylic acids is 1. The van der Waals surface area contributed by atoms with Crippen LogP contribution in [0.15, 0.2) is 79.4 Å². The van der Waals surface area contributed by atoms with E-state index in [0.29, 0.717) is 23.8 Å². The van der Waals surface area contributed by atoms with Gasteiger partial charge in [0.05, 0.1) is 0 Å². The third-order valence-electron chi connectivity index (χ3n) is 3.87. The van der Waals surface area contributed by atoms with E-state index in [-0.39, 0.29) is 5.91 Å². The molecule has 0 saturated carbocycles. The summed E-state index contributed by atoms with van der Waals surface area (Å²) in [6.07, 6.45) is 1.04. The van der Waals surface area contributed by atoms with Crippen molar-refractivity contribution in [3.63, 3.8) is 0 Å². The van der Waals surface area contributed by atoms with Gasteiger partial charge in [0, 0.05) is 11.8 Å². The van der Waals surface area contributed by atoms with Crippen LogP contribution in [-0.4, -0.2) is 18.6 Å². The Morgan fingerprint density at radius 3 is 2.65 bits per heavy atom. The molecule has 0 heterocycles. The summed E-state index contributed by atoms with van der Waals surface area (Å²) in [5, 5.41) is 5.05. The maximum atomic E-state index is 12.4. The summed E-state index contributed by atoms with van der Waals surface area (Å²) in [6, 6.07) is 21.0. The van der Waals surface area contributed by atoms with Gasteiger partial charge in [-0.2, -0.15) is 0 Å². The van der Waals surface area contributed by atoms with Gasteiger partial charge in [-0.15, -0.1) is 0 Å². The lowest BCUT2D eigenvalue weighted by molar-refractivity contribution is -0.122. The molecule has 0 radical (unpaired) electrons. The summed E-state index contributed by atoms with van der Waals surface area (Å²) >= 11 is 0. The Kier molecular flexibility index (Phi) is 5.54. The van der Waals surface area contributed by atoms with Crippen LogP contribution >= 0.6 is 0 Å². The fourth-order valence-electron chi connectivity index (χ4n) is 2.56. The van der Waals surface area contributed by atoms with Crippen LogP contribution in [0.2, 0.25) is 0 Å². The topological polar surface area (TPSA) is 47.6 Å². The van der Waals surface area contributed by atoms with Gasteiger partial charge in [0.25, 0.3) is 5.91 Å². The Hall–Kier alpha value is -3.27. The first-order valence-corrected chi connectivity index (χ1v) is 8.46. The first-order valence-electron chi connectivity index (χ1n) is 8.46. The number of ether oxygens (including phenoxy) is 2. The van der Waals surface area contributed by atoms with E-state index in [2.05, 4.69) is 11.9 Å². The van der Waals surface area contributed by atoms with Crippen LogP contribution in [0.4, 0.5) is 5.69 Å². The molecule has 0 spiro atoms. The van der Waals surface area contributed by atoms with Gasteiger partial charge in [-0.05, 0) is 42.0 Å². The van der Waals surface area contributed by atoms with Crippen LogP contribution in [0.3, 0.4) is 0 Å². The second-order valence-electron chi connectivity index (χ2n) is 5.89. The molecule has 0 aliphatic carbocycles. The van der Waals surface area contributed by atoms with Gasteiger partial charge in [-0.1, -0.05) is 49.1 Å². The summed E-state index contributed by atoms with van der Waals surface area (Å²) in [5.74, 6) is 1.11. The first kappa shape index (κ1) is 17.5. The molecule has 1 atom stereocenters. The van der Waals surface area contributed by atoms with E-state index in [4.69, 9.17) is 9.47 Å². The number of nitrogens with one attached hydrogen (secondary N) is 1. The van der Waals surface area contributed by atoms with E-state index < -0.39 is 6.10 Å².